The molecule has 0 saturated heterocycles. The van der Waals surface area contributed by atoms with Crippen molar-refractivity contribution in [3.05, 3.63) is 71.7 Å². The first-order chi connectivity index (χ1) is 12.2. The Morgan fingerprint density at radius 1 is 1.20 bits per heavy atom. The lowest BCUT2D eigenvalue weighted by atomic mass is 10.1. The second-order valence-corrected chi connectivity index (χ2v) is 6.35. The highest BCUT2D eigenvalue weighted by molar-refractivity contribution is 5.91. The number of carbonyl (C=O) groups excluding carboxylic acids is 1. The molecule has 124 valence electrons. The molecule has 5 nitrogen and oxygen atoms in total. The zero-order valence-electron chi connectivity index (χ0n) is 13.9. The third kappa shape index (κ3) is 3.26. The molecule has 2 unspecified atom stereocenters. The van der Waals surface area contributed by atoms with E-state index >= 15 is 0 Å². The van der Waals surface area contributed by atoms with Crippen molar-refractivity contribution < 1.29 is 4.79 Å². The minimum atomic E-state index is -0.0499. The smallest absolute Gasteiger partial charge is 0.243 e. The summed E-state index contributed by atoms with van der Waals surface area (Å²) in [4.78, 5) is 20.9. The molecule has 4 rings (SSSR count). The van der Waals surface area contributed by atoms with Crippen LogP contribution in [-0.2, 0) is 4.79 Å². The highest BCUT2D eigenvalue weighted by Gasteiger charge is 2.44. The van der Waals surface area contributed by atoms with Gasteiger partial charge in [0.1, 0.15) is 0 Å². The summed E-state index contributed by atoms with van der Waals surface area (Å²) < 4.78 is 0. The van der Waals surface area contributed by atoms with Gasteiger partial charge in [-0.1, -0.05) is 12.1 Å². The summed E-state index contributed by atoms with van der Waals surface area (Å²) in [7, 11) is 0. The van der Waals surface area contributed by atoms with Gasteiger partial charge < -0.3 is 0 Å². The van der Waals surface area contributed by atoms with Crippen molar-refractivity contribution >= 4 is 23.0 Å². The summed E-state index contributed by atoms with van der Waals surface area (Å²) >= 11 is 0. The molecule has 2 heterocycles. The second kappa shape index (κ2) is 6.43. The molecule has 1 N–H and O–H groups in total. The standard InChI is InChI=1S/C20H18N4O/c1-13-9-14(10-15-5-4-8-22-19(13)15)12-23-24-20(25)17-11-16(17)18-6-2-3-7-21-18/h2-10,12,16-17H,11H2,1H3,(H,24,25). The fraction of sp³-hybridized carbons (Fsp3) is 0.200. The van der Waals surface area contributed by atoms with E-state index in [0.717, 1.165) is 34.1 Å². The van der Waals surface area contributed by atoms with Gasteiger partial charge in [-0.15, -0.1) is 0 Å². The van der Waals surface area contributed by atoms with E-state index in [1.54, 1.807) is 18.6 Å². The zero-order valence-corrected chi connectivity index (χ0v) is 13.9. The molecule has 0 aliphatic heterocycles. The number of hydrogen-bond acceptors (Lipinski definition) is 4. The highest BCUT2D eigenvalue weighted by Crippen LogP contribution is 2.46. The summed E-state index contributed by atoms with van der Waals surface area (Å²) in [6.07, 6.45) is 6.06. The maximum absolute atomic E-state index is 12.2. The van der Waals surface area contributed by atoms with E-state index in [1.165, 1.54) is 0 Å². The first kappa shape index (κ1) is 15.4. The Labute approximate surface area is 145 Å². The van der Waals surface area contributed by atoms with Crippen molar-refractivity contribution in [3.63, 3.8) is 0 Å². The van der Waals surface area contributed by atoms with Crippen molar-refractivity contribution in [2.75, 3.05) is 0 Å². The van der Waals surface area contributed by atoms with E-state index in [9.17, 15) is 4.79 Å². The van der Waals surface area contributed by atoms with Gasteiger partial charge in [-0.05, 0) is 54.8 Å². The average molecular weight is 330 g/mol. The minimum absolute atomic E-state index is 0.0328. The van der Waals surface area contributed by atoms with E-state index in [0.29, 0.717) is 0 Å². The minimum Gasteiger partial charge on any atom is -0.273 e. The van der Waals surface area contributed by atoms with Crippen LogP contribution in [0.4, 0.5) is 0 Å². The van der Waals surface area contributed by atoms with E-state index in [1.807, 2.05) is 49.4 Å². The van der Waals surface area contributed by atoms with Gasteiger partial charge in [0.05, 0.1) is 11.7 Å². The molecular weight excluding hydrogens is 312 g/mol. The Bertz CT molecular complexity index is 952. The molecule has 3 aromatic rings. The molecule has 5 heteroatoms. The quantitative estimate of drug-likeness (QED) is 0.590. The molecule has 0 radical (unpaired) electrons. The van der Waals surface area contributed by atoms with Crippen LogP contribution >= 0.6 is 0 Å². The molecule has 2 aromatic heterocycles. The number of nitrogens with zero attached hydrogens (tertiary/aromatic N) is 3. The summed E-state index contributed by atoms with van der Waals surface area (Å²) in [5.41, 5.74) is 6.64. The molecule has 25 heavy (non-hydrogen) atoms. The van der Waals surface area contributed by atoms with E-state index in [2.05, 4.69) is 20.5 Å². The van der Waals surface area contributed by atoms with Gasteiger partial charge in [0.25, 0.3) is 0 Å². The van der Waals surface area contributed by atoms with Crippen LogP contribution in [-0.4, -0.2) is 22.1 Å². The summed E-state index contributed by atoms with van der Waals surface area (Å²) in [6.45, 7) is 2.02. The molecule has 1 fully saturated rings. The maximum Gasteiger partial charge on any atom is 0.243 e. The van der Waals surface area contributed by atoms with Crippen LogP contribution in [0, 0.1) is 12.8 Å². The molecular formula is C20H18N4O. The highest BCUT2D eigenvalue weighted by atomic mass is 16.2. The van der Waals surface area contributed by atoms with Crippen molar-refractivity contribution in [1.82, 2.24) is 15.4 Å². The molecule has 1 aliphatic rings. The maximum atomic E-state index is 12.2. The topological polar surface area (TPSA) is 67.2 Å². The number of benzene rings is 1. The Balaban J connectivity index is 1.41. The Hall–Kier alpha value is -3.08. The van der Waals surface area contributed by atoms with Crippen molar-refractivity contribution in [1.29, 1.82) is 0 Å². The average Bonchev–Trinajstić information content (AvgIpc) is 3.43. The lowest BCUT2D eigenvalue weighted by molar-refractivity contribution is -0.122. The Morgan fingerprint density at radius 3 is 2.92 bits per heavy atom. The fourth-order valence-electron chi connectivity index (χ4n) is 3.14. The predicted octanol–water partition coefficient (Wildman–Crippen LogP) is 3.19. The largest absolute Gasteiger partial charge is 0.273 e. The molecule has 1 aliphatic carbocycles. The number of hydrogen-bond donors (Lipinski definition) is 1. The number of nitrogens with one attached hydrogen (secondary N) is 1. The van der Waals surface area contributed by atoms with Gasteiger partial charge in [-0.2, -0.15) is 5.10 Å². The predicted molar refractivity (Wildman–Crippen MR) is 97.3 cm³/mol. The molecule has 2 atom stereocenters. The second-order valence-electron chi connectivity index (χ2n) is 6.35. The van der Waals surface area contributed by atoms with Crippen molar-refractivity contribution in [2.45, 2.75) is 19.3 Å². The van der Waals surface area contributed by atoms with Gasteiger partial charge in [-0.3, -0.25) is 14.8 Å². The molecule has 0 spiro atoms. The van der Waals surface area contributed by atoms with Crippen LogP contribution in [0.1, 0.15) is 29.2 Å². The SMILES string of the molecule is Cc1cc(C=NNC(=O)C2CC2c2ccccn2)cc2cccnc12. The number of amides is 1. The molecule has 0 bridgehead atoms. The van der Waals surface area contributed by atoms with Gasteiger partial charge in [0.15, 0.2) is 0 Å². The number of rotatable bonds is 4. The lowest BCUT2D eigenvalue weighted by Crippen LogP contribution is -2.20. The fourth-order valence-corrected chi connectivity index (χ4v) is 3.14. The van der Waals surface area contributed by atoms with Crippen LogP contribution in [0.5, 0.6) is 0 Å². The lowest BCUT2D eigenvalue weighted by Gasteiger charge is -2.03. The first-order valence-electron chi connectivity index (χ1n) is 8.31. The van der Waals surface area contributed by atoms with Crippen LogP contribution in [0.15, 0.2) is 60.0 Å². The van der Waals surface area contributed by atoms with Crippen LogP contribution in [0.2, 0.25) is 0 Å². The Kier molecular flexibility index (Phi) is 3.98. The van der Waals surface area contributed by atoms with Gasteiger partial charge in [0, 0.05) is 35.3 Å². The van der Waals surface area contributed by atoms with Crippen LogP contribution in [0.25, 0.3) is 10.9 Å². The summed E-state index contributed by atoms with van der Waals surface area (Å²) in [6, 6.07) is 13.8. The third-order valence-corrected chi connectivity index (χ3v) is 4.50. The zero-order chi connectivity index (χ0) is 17.2. The van der Waals surface area contributed by atoms with Crippen molar-refractivity contribution in [2.24, 2.45) is 11.0 Å². The number of hydrazone groups is 1. The van der Waals surface area contributed by atoms with E-state index in [4.69, 9.17) is 0 Å². The normalized spacial score (nSPS) is 19.2. The van der Waals surface area contributed by atoms with Crippen LogP contribution < -0.4 is 5.43 Å². The van der Waals surface area contributed by atoms with Crippen LogP contribution in [0.3, 0.4) is 0 Å². The number of aromatic nitrogens is 2. The number of aryl methyl sites for hydroxylation is 1. The Morgan fingerprint density at radius 2 is 2.08 bits per heavy atom. The van der Waals surface area contributed by atoms with Gasteiger partial charge in [0.2, 0.25) is 5.91 Å². The third-order valence-electron chi connectivity index (χ3n) is 4.50. The van der Waals surface area contributed by atoms with E-state index < -0.39 is 0 Å². The van der Waals surface area contributed by atoms with Crippen molar-refractivity contribution in [3.8, 4) is 0 Å². The molecule has 1 saturated carbocycles. The summed E-state index contributed by atoms with van der Waals surface area (Å²) in [5, 5.41) is 5.18. The molecule has 1 amide bonds. The van der Waals surface area contributed by atoms with Gasteiger partial charge >= 0.3 is 0 Å². The number of fused-ring (bicyclic) bond motifs is 1. The monoisotopic (exact) mass is 330 g/mol. The molecule has 1 aromatic carbocycles. The number of carbonyl (C=O) groups is 1. The van der Waals surface area contributed by atoms with Gasteiger partial charge in [-0.25, -0.2) is 5.43 Å². The number of pyridine rings is 2. The first-order valence-corrected chi connectivity index (χ1v) is 8.31. The van der Waals surface area contributed by atoms with E-state index in [-0.39, 0.29) is 17.7 Å². The summed E-state index contributed by atoms with van der Waals surface area (Å²) in [5.74, 6) is 0.131.